The van der Waals surface area contributed by atoms with Gasteiger partial charge in [0.25, 0.3) is 0 Å². The molecule has 2 rings (SSSR count). The van der Waals surface area contributed by atoms with Gasteiger partial charge >= 0.3 is 0 Å². The first-order chi connectivity index (χ1) is 8.40. The van der Waals surface area contributed by atoms with Crippen molar-refractivity contribution in [3.8, 4) is 0 Å². The summed E-state index contributed by atoms with van der Waals surface area (Å²) in [5.41, 5.74) is 2.26. The van der Waals surface area contributed by atoms with Crippen molar-refractivity contribution in [1.82, 2.24) is 10.3 Å². The van der Waals surface area contributed by atoms with Crippen molar-refractivity contribution in [3.63, 3.8) is 0 Å². The molecule has 1 aromatic carbocycles. The summed E-state index contributed by atoms with van der Waals surface area (Å²) in [5, 5.41) is 12.7. The van der Waals surface area contributed by atoms with E-state index in [2.05, 4.69) is 22.4 Å². The molecule has 3 nitrogen and oxygen atoms in total. The van der Waals surface area contributed by atoms with Gasteiger partial charge in [0.15, 0.2) is 0 Å². The fourth-order valence-electron chi connectivity index (χ4n) is 1.72. The summed E-state index contributed by atoms with van der Waals surface area (Å²) >= 11 is 0. The van der Waals surface area contributed by atoms with Crippen LogP contribution in [0.3, 0.4) is 0 Å². The largest absolute Gasteiger partial charge is 0.394 e. The molecule has 1 atom stereocenters. The summed E-state index contributed by atoms with van der Waals surface area (Å²) in [6.45, 7) is 0.825. The third-order valence-electron chi connectivity index (χ3n) is 2.69. The Balaban J connectivity index is 1.97. The Kier molecular flexibility index (Phi) is 4.24. The summed E-state index contributed by atoms with van der Waals surface area (Å²) < 4.78 is 0. The second-order valence-corrected chi connectivity index (χ2v) is 3.88. The molecule has 2 aromatic rings. The monoisotopic (exact) mass is 228 g/mol. The molecule has 1 unspecified atom stereocenters. The molecule has 0 aliphatic rings. The van der Waals surface area contributed by atoms with Gasteiger partial charge in [-0.05, 0) is 23.3 Å². The van der Waals surface area contributed by atoms with Crippen LogP contribution >= 0.6 is 0 Å². The predicted molar refractivity (Wildman–Crippen MR) is 67.3 cm³/mol. The van der Waals surface area contributed by atoms with E-state index in [-0.39, 0.29) is 12.6 Å². The topological polar surface area (TPSA) is 45.1 Å². The Morgan fingerprint density at radius 3 is 2.41 bits per heavy atom. The van der Waals surface area contributed by atoms with Gasteiger partial charge in [-0.25, -0.2) is 0 Å². The lowest BCUT2D eigenvalue weighted by atomic mass is 10.1. The van der Waals surface area contributed by atoms with Crippen LogP contribution in [0.2, 0.25) is 0 Å². The van der Waals surface area contributed by atoms with E-state index in [0.29, 0.717) is 0 Å². The third-order valence-corrected chi connectivity index (χ3v) is 2.69. The number of benzene rings is 1. The molecule has 88 valence electrons. The zero-order chi connectivity index (χ0) is 11.9. The third kappa shape index (κ3) is 3.37. The zero-order valence-electron chi connectivity index (χ0n) is 9.58. The number of hydrogen-bond acceptors (Lipinski definition) is 3. The van der Waals surface area contributed by atoms with E-state index in [1.807, 2.05) is 30.3 Å². The first-order valence-corrected chi connectivity index (χ1v) is 5.68. The van der Waals surface area contributed by atoms with E-state index >= 15 is 0 Å². The molecule has 2 N–H and O–H groups in total. The molecule has 0 saturated carbocycles. The van der Waals surface area contributed by atoms with Crippen LogP contribution in [0.25, 0.3) is 0 Å². The minimum absolute atomic E-state index is 0.0433. The molecule has 0 radical (unpaired) electrons. The molecule has 1 aromatic heterocycles. The van der Waals surface area contributed by atoms with E-state index in [9.17, 15) is 5.11 Å². The highest BCUT2D eigenvalue weighted by molar-refractivity contribution is 5.17. The number of aliphatic hydroxyl groups is 1. The number of aliphatic hydroxyl groups excluding tert-OH is 1. The molecule has 0 amide bonds. The Hall–Kier alpha value is -1.71. The fraction of sp³-hybridized carbons (Fsp3) is 0.214. The maximum absolute atomic E-state index is 9.37. The Bertz CT molecular complexity index is 430. The molecule has 0 saturated heterocycles. The van der Waals surface area contributed by atoms with Gasteiger partial charge in [-0.3, -0.25) is 4.98 Å². The molecule has 0 aliphatic heterocycles. The van der Waals surface area contributed by atoms with Gasteiger partial charge in [-0.2, -0.15) is 0 Å². The Labute approximate surface area is 101 Å². The van der Waals surface area contributed by atoms with Gasteiger partial charge < -0.3 is 10.4 Å². The van der Waals surface area contributed by atoms with Crippen molar-refractivity contribution in [2.24, 2.45) is 0 Å². The number of nitrogens with one attached hydrogen (secondary N) is 1. The van der Waals surface area contributed by atoms with Crippen molar-refractivity contribution < 1.29 is 5.11 Å². The van der Waals surface area contributed by atoms with Crippen LogP contribution in [0.5, 0.6) is 0 Å². The maximum Gasteiger partial charge on any atom is 0.0626 e. The van der Waals surface area contributed by atoms with Gasteiger partial charge in [0.2, 0.25) is 0 Å². The van der Waals surface area contributed by atoms with Crippen LogP contribution in [0, 0.1) is 0 Å². The second kappa shape index (κ2) is 6.13. The van der Waals surface area contributed by atoms with Crippen LogP contribution in [0.4, 0.5) is 0 Å². The highest BCUT2D eigenvalue weighted by atomic mass is 16.3. The molecule has 0 spiro atoms. The lowest BCUT2D eigenvalue weighted by Gasteiger charge is -2.16. The van der Waals surface area contributed by atoms with Gasteiger partial charge in [-0.1, -0.05) is 30.3 Å². The molecule has 1 heterocycles. The van der Waals surface area contributed by atoms with Crippen LogP contribution in [0.15, 0.2) is 54.9 Å². The van der Waals surface area contributed by atoms with E-state index < -0.39 is 0 Å². The van der Waals surface area contributed by atoms with Crippen LogP contribution < -0.4 is 5.32 Å². The SMILES string of the molecule is OCC(NCc1ccccc1)c1ccncc1. The van der Waals surface area contributed by atoms with Gasteiger partial charge in [0.05, 0.1) is 12.6 Å². The number of rotatable bonds is 5. The lowest BCUT2D eigenvalue weighted by Crippen LogP contribution is -2.23. The molecule has 0 bridgehead atoms. The van der Waals surface area contributed by atoms with Crippen molar-refractivity contribution >= 4 is 0 Å². The van der Waals surface area contributed by atoms with Crippen LogP contribution in [-0.2, 0) is 6.54 Å². The highest BCUT2D eigenvalue weighted by Gasteiger charge is 2.08. The fourth-order valence-corrected chi connectivity index (χ4v) is 1.72. The predicted octanol–water partition coefficient (Wildman–Crippen LogP) is 1.90. The van der Waals surface area contributed by atoms with Crippen LogP contribution in [-0.4, -0.2) is 16.7 Å². The lowest BCUT2D eigenvalue weighted by molar-refractivity contribution is 0.243. The average molecular weight is 228 g/mol. The smallest absolute Gasteiger partial charge is 0.0626 e. The number of aromatic nitrogens is 1. The van der Waals surface area contributed by atoms with Crippen molar-refractivity contribution in [1.29, 1.82) is 0 Å². The standard InChI is InChI=1S/C14H16N2O/c17-11-14(13-6-8-15-9-7-13)16-10-12-4-2-1-3-5-12/h1-9,14,16-17H,10-11H2. The van der Waals surface area contributed by atoms with Crippen molar-refractivity contribution in [3.05, 3.63) is 66.0 Å². The van der Waals surface area contributed by atoms with Crippen LogP contribution in [0.1, 0.15) is 17.2 Å². The van der Waals surface area contributed by atoms with Gasteiger partial charge in [0, 0.05) is 18.9 Å². The second-order valence-electron chi connectivity index (χ2n) is 3.88. The average Bonchev–Trinajstić information content (AvgIpc) is 2.42. The molecule has 3 heteroatoms. The van der Waals surface area contributed by atoms with E-state index in [1.165, 1.54) is 5.56 Å². The normalized spacial score (nSPS) is 12.3. The molecular weight excluding hydrogens is 212 g/mol. The summed E-state index contributed by atoms with van der Waals surface area (Å²) in [4.78, 5) is 3.97. The number of nitrogens with zero attached hydrogens (tertiary/aromatic N) is 1. The first-order valence-electron chi connectivity index (χ1n) is 5.68. The minimum atomic E-state index is -0.0433. The maximum atomic E-state index is 9.37. The quantitative estimate of drug-likeness (QED) is 0.821. The molecular formula is C14H16N2O. The Morgan fingerprint density at radius 2 is 1.76 bits per heavy atom. The van der Waals surface area contributed by atoms with Gasteiger partial charge in [-0.15, -0.1) is 0 Å². The van der Waals surface area contributed by atoms with E-state index in [0.717, 1.165) is 12.1 Å². The van der Waals surface area contributed by atoms with E-state index in [4.69, 9.17) is 0 Å². The van der Waals surface area contributed by atoms with Crippen molar-refractivity contribution in [2.75, 3.05) is 6.61 Å². The Morgan fingerprint density at radius 1 is 1.06 bits per heavy atom. The molecule has 17 heavy (non-hydrogen) atoms. The summed E-state index contributed by atoms with van der Waals surface area (Å²) in [7, 11) is 0. The zero-order valence-corrected chi connectivity index (χ0v) is 9.58. The summed E-state index contributed by atoms with van der Waals surface area (Å²) in [5.74, 6) is 0. The summed E-state index contributed by atoms with van der Waals surface area (Å²) in [6.07, 6.45) is 3.48. The first kappa shape index (κ1) is 11.8. The number of pyridine rings is 1. The molecule has 0 fully saturated rings. The van der Waals surface area contributed by atoms with Crippen molar-refractivity contribution in [2.45, 2.75) is 12.6 Å². The summed E-state index contributed by atoms with van der Waals surface area (Å²) in [6, 6.07) is 13.9. The van der Waals surface area contributed by atoms with Gasteiger partial charge in [0.1, 0.15) is 0 Å². The molecule has 0 aliphatic carbocycles. The van der Waals surface area contributed by atoms with E-state index in [1.54, 1.807) is 12.4 Å². The minimum Gasteiger partial charge on any atom is -0.394 e. The highest BCUT2D eigenvalue weighted by Crippen LogP contribution is 2.11. The number of hydrogen-bond donors (Lipinski definition) is 2.